The predicted octanol–water partition coefficient (Wildman–Crippen LogP) is 3.30. The molecule has 0 amide bonds. The standard InChI is InChI=1S/C14H24ClN3/c1-9-5-6-13(10(2)7-9)16-8-12-11(3)17-18(4)14(12)15/h9-10,13,16H,5-8H2,1-4H3. The fourth-order valence-electron chi connectivity index (χ4n) is 3.08. The number of nitrogens with one attached hydrogen (secondary N) is 1. The third-order valence-electron chi connectivity index (χ3n) is 4.24. The molecule has 1 aromatic rings. The molecule has 1 N–H and O–H groups in total. The van der Waals surface area contributed by atoms with Crippen molar-refractivity contribution in [2.24, 2.45) is 18.9 Å². The Morgan fingerprint density at radius 2 is 2.11 bits per heavy atom. The van der Waals surface area contributed by atoms with E-state index in [0.717, 1.165) is 34.8 Å². The topological polar surface area (TPSA) is 29.9 Å². The van der Waals surface area contributed by atoms with Gasteiger partial charge in [-0.25, -0.2) is 0 Å². The fraction of sp³-hybridized carbons (Fsp3) is 0.786. The first kappa shape index (κ1) is 13.9. The summed E-state index contributed by atoms with van der Waals surface area (Å²) in [7, 11) is 1.89. The van der Waals surface area contributed by atoms with E-state index in [2.05, 4.69) is 24.3 Å². The van der Waals surface area contributed by atoms with E-state index in [1.807, 2.05) is 14.0 Å². The van der Waals surface area contributed by atoms with Gasteiger partial charge in [0.15, 0.2) is 0 Å². The second-order valence-electron chi connectivity index (χ2n) is 5.86. The number of hydrogen-bond donors (Lipinski definition) is 1. The van der Waals surface area contributed by atoms with Crippen LogP contribution in [-0.2, 0) is 13.6 Å². The summed E-state index contributed by atoms with van der Waals surface area (Å²) in [5, 5.41) is 8.78. The van der Waals surface area contributed by atoms with E-state index < -0.39 is 0 Å². The molecular formula is C14H24ClN3. The maximum absolute atomic E-state index is 6.25. The lowest BCUT2D eigenvalue weighted by Crippen LogP contribution is -2.38. The highest BCUT2D eigenvalue weighted by atomic mass is 35.5. The highest BCUT2D eigenvalue weighted by molar-refractivity contribution is 6.30. The average Bonchev–Trinajstić information content (AvgIpc) is 2.53. The Morgan fingerprint density at radius 1 is 1.39 bits per heavy atom. The molecule has 3 unspecified atom stereocenters. The summed E-state index contributed by atoms with van der Waals surface area (Å²) >= 11 is 6.25. The van der Waals surface area contributed by atoms with Crippen LogP contribution in [0, 0.1) is 18.8 Å². The van der Waals surface area contributed by atoms with Gasteiger partial charge in [0.25, 0.3) is 0 Å². The molecule has 4 heteroatoms. The van der Waals surface area contributed by atoms with Crippen LogP contribution in [0.25, 0.3) is 0 Å². The van der Waals surface area contributed by atoms with Crippen LogP contribution >= 0.6 is 11.6 Å². The van der Waals surface area contributed by atoms with Gasteiger partial charge in [-0.2, -0.15) is 5.10 Å². The number of hydrogen-bond acceptors (Lipinski definition) is 2. The van der Waals surface area contributed by atoms with E-state index in [4.69, 9.17) is 11.6 Å². The molecule has 1 saturated carbocycles. The van der Waals surface area contributed by atoms with Crippen LogP contribution < -0.4 is 5.32 Å². The Kier molecular flexibility index (Phi) is 4.33. The highest BCUT2D eigenvalue weighted by Crippen LogP contribution is 2.29. The number of aromatic nitrogens is 2. The molecule has 1 aromatic heterocycles. The lowest BCUT2D eigenvalue weighted by atomic mass is 9.80. The van der Waals surface area contributed by atoms with E-state index in [1.54, 1.807) is 4.68 Å². The Labute approximate surface area is 115 Å². The molecular weight excluding hydrogens is 246 g/mol. The molecule has 0 saturated heterocycles. The molecule has 0 spiro atoms. The monoisotopic (exact) mass is 269 g/mol. The minimum atomic E-state index is 0.622. The van der Waals surface area contributed by atoms with Gasteiger partial charge in [0.2, 0.25) is 0 Å². The molecule has 18 heavy (non-hydrogen) atoms. The zero-order valence-electron chi connectivity index (χ0n) is 11.8. The average molecular weight is 270 g/mol. The van der Waals surface area contributed by atoms with Gasteiger partial charge in [-0.1, -0.05) is 25.4 Å². The molecule has 0 aliphatic heterocycles. The first-order valence-corrected chi connectivity index (χ1v) is 7.28. The third kappa shape index (κ3) is 2.89. The summed E-state index contributed by atoms with van der Waals surface area (Å²) in [5.41, 5.74) is 2.18. The van der Waals surface area contributed by atoms with Gasteiger partial charge in [-0.05, 0) is 38.0 Å². The van der Waals surface area contributed by atoms with Crippen molar-refractivity contribution in [3.63, 3.8) is 0 Å². The Balaban J connectivity index is 1.95. The van der Waals surface area contributed by atoms with Crippen molar-refractivity contribution < 1.29 is 0 Å². The number of nitrogens with zero attached hydrogens (tertiary/aromatic N) is 2. The van der Waals surface area contributed by atoms with Crippen molar-refractivity contribution in [1.29, 1.82) is 0 Å². The van der Waals surface area contributed by atoms with Gasteiger partial charge >= 0.3 is 0 Å². The molecule has 3 nitrogen and oxygen atoms in total. The van der Waals surface area contributed by atoms with Crippen molar-refractivity contribution >= 4 is 11.6 Å². The van der Waals surface area contributed by atoms with Gasteiger partial charge in [0, 0.05) is 25.2 Å². The smallest absolute Gasteiger partial charge is 0.131 e. The molecule has 1 aliphatic carbocycles. The molecule has 0 bridgehead atoms. The molecule has 102 valence electrons. The van der Waals surface area contributed by atoms with Gasteiger partial charge in [-0.15, -0.1) is 0 Å². The van der Waals surface area contributed by atoms with E-state index in [0.29, 0.717) is 6.04 Å². The molecule has 0 radical (unpaired) electrons. The Hall–Kier alpha value is -0.540. The van der Waals surface area contributed by atoms with Crippen LogP contribution in [-0.4, -0.2) is 15.8 Å². The SMILES string of the molecule is Cc1nn(C)c(Cl)c1CNC1CCC(C)CC1C. The summed E-state index contributed by atoms with van der Waals surface area (Å²) in [5.74, 6) is 1.63. The van der Waals surface area contributed by atoms with Crippen LogP contribution in [0.4, 0.5) is 0 Å². The third-order valence-corrected chi connectivity index (χ3v) is 4.72. The zero-order chi connectivity index (χ0) is 13.3. The maximum Gasteiger partial charge on any atom is 0.131 e. The van der Waals surface area contributed by atoms with Crippen molar-refractivity contribution in [3.8, 4) is 0 Å². The number of aryl methyl sites for hydroxylation is 2. The van der Waals surface area contributed by atoms with Crippen LogP contribution in [0.1, 0.15) is 44.4 Å². The van der Waals surface area contributed by atoms with Crippen LogP contribution in [0.5, 0.6) is 0 Å². The van der Waals surface area contributed by atoms with Crippen LogP contribution in [0.2, 0.25) is 5.15 Å². The second kappa shape index (κ2) is 5.62. The minimum absolute atomic E-state index is 0.622. The van der Waals surface area contributed by atoms with Crippen molar-refractivity contribution in [2.75, 3.05) is 0 Å². The largest absolute Gasteiger partial charge is 0.309 e. The summed E-state index contributed by atoms with van der Waals surface area (Å²) in [6.45, 7) is 7.57. The molecule has 3 atom stereocenters. The van der Waals surface area contributed by atoms with Crippen molar-refractivity contribution in [1.82, 2.24) is 15.1 Å². The summed E-state index contributed by atoms with van der Waals surface area (Å²) < 4.78 is 1.75. The van der Waals surface area contributed by atoms with Crippen molar-refractivity contribution in [2.45, 2.75) is 52.6 Å². The molecule has 1 fully saturated rings. The second-order valence-corrected chi connectivity index (χ2v) is 6.22. The predicted molar refractivity (Wildman–Crippen MR) is 75.8 cm³/mol. The lowest BCUT2D eigenvalue weighted by Gasteiger charge is -2.33. The number of rotatable bonds is 3. The van der Waals surface area contributed by atoms with Crippen LogP contribution in [0.15, 0.2) is 0 Å². The lowest BCUT2D eigenvalue weighted by molar-refractivity contribution is 0.227. The zero-order valence-corrected chi connectivity index (χ0v) is 12.6. The quantitative estimate of drug-likeness (QED) is 0.913. The highest BCUT2D eigenvalue weighted by Gasteiger charge is 2.25. The Morgan fingerprint density at radius 3 is 2.67 bits per heavy atom. The summed E-state index contributed by atoms with van der Waals surface area (Å²) in [6, 6.07) is 0.622. The maximum atomic E-state index is 6.25. The summed E-state index contributed by atoms with van der Waals surface area (Å²) in [6.07, 6.45) is 3.94. The first-order chi connectivity index (χ1) is 8.49. The number of halogens is 1. The van der Waals surface area contributed by atoms with Gasteiger partial charge in [0.1, 0.15) is 5.15 Å². The van der Waals surface area contributed by atoms with Crippen LogP contribution in [0.3, 0.4) is 0 Å². The molecule has 0 aromatic carbocycles. The van der Waals surface area contributed by atoms with E-state index in [1.165, 1.54) is 19.3 Å². The fourth-order valence-corrected chi connectivity index (χ4v) is 3.32. The van der Waals surface area contributed by atoms with Gasteiger partial charge in [-0.3, -0.25) is 4.68 Å². The first-order valence-electron chi connectivity index (χ1n) is 6.90. The minimum Gasteiger partial charge on any atom is -0.309 e. The van der Waals surface area contributed by atoms with Gasteiger partial charge in [0.05, 0.1) is 5.69 Å². The van der Waals surface area contributed by atoms with E-state index in [9.17, 15) is 0 Å². The molecule has 1 aliphatic rings. The Bertz CT molecular complexity index is 413. The van der Waals surface area contributed by atoms with E-state index >= 15 is 0 Å². The molecule has 1 heterocycles. The van der Waals surface area contributed by atoms with Crippen molar-refractivity contribution in [3.05, 3.63) is 16.4 Å². The summed E-state index contributed by atoms with van der Waals surface area (Å²) in [4.78, 5) is 0. The van der Waals surface area contributed by atoms with E-state index in [-0.39, 0.29) is 0 Å². The molecule has 2 rings (SSSR count). The van der Waals surface area contributed by atoms with Gasteiger partial charge < -0.3 is 5.32 Å². The normalized spacial score (nSPS) is 28.6.